The molecule has 1 aliphatic heterocycles. The number of amides is 2. The quantitative estimate of drug-likeness (QED) is 0.314. The number of carbonyl (C=O) groups is 3. The molecule has 2 aromatic carbocycles. The van der Waals surface area contributed by atoms with Gasteiger partial charge in [0.05, 0.1) is 37.8 Å². The van der Waals surface area contributed by atoms with Crippen LogP contribution in [0.2, 0.25) is 5.02 Å². The van der Waals surface area contributed by atoms with Gasteiger partial charge in [-0.25, -0.2) is 4.79 Å². The number of benzene rings is 2. The van der Waals surface area contributed by atoms with E-state index in [-0.39, 0.29) is 0 Å². The van der Waals surface area contributed by atoms with Crippen molar-refractivity contribution < 1.29 is 33.3 Å². The van der Waals surface area contributed by atoms with Crippen molar-refractivity contribution in [1.29, 1.82) is 0 Å². The normalized spacial score (nSPS) is 13.8. The van der Waals surface area contributed by atoms with Crippen LogP contribution in [0.4, 0.5) is 11.4 Å². The number of ether oxygens (including phenoxy) is 4. The molecule has 218 valence electrons. The lowest BCUT2D eigenvalue weighted by Gasteiger charge is -2.31. The summed E-state index contributed by atoms with van der Waals surface area (Å²) in [6.07, 6.45) is 2.24. The van der Waals surface area contributed by atoms with Crippen LogP contribution in [0.15, 0.2) is 36.4 Å². The molecule has 0 spiro atoms. The molecule has 3 rings (SSSR count). The van der Waals surface area contributed by atoms with E-state index >= 15 is 0 Å². The number of nitrogens with zero attached hydrogens (tertiary/aromatic N) is 1. The fraction of sp³-hybridized carbons (Fsp3) is 0.464. The lowest BCUT2D eigenvalue weighted by Crippen LogP contribution is -2.43. The third-order valence-electron chi connectivity index (χ3n) is 5.94. The summed E-state index contributed by atoms with van der Waals surface area (Å²) in [4.78, 5) is 40.5. The molecule has 10 nitrogen and oxygen atoms in total. The molecular weight excluding hydrogens is 558 g/mol. The summed E-state index contributed by atoms with van der Waals surface area (Å²) < 4.78 is 22.4. The molecule has 1 heterocycles. The Kier molecular flexibility index (Phi) is 12.7. The first-order valence-electron chi connectivity index (χ1n) is 13.1. The lowest BCUT2D eigenvalue weighted by molar-refractivity contribution is -0.149. The third-order valence-corrected chi connectivity index (χ3v) is 6.84. The maximum absolute atomic E-state index is 12.8. The number of thioether (sulfide) groups is 1. The van der Waals surface area contributed by atoms with Gasteiger partial charge in [-0.1, -0.05) is 11.6 Å². The zero-order valence-corrected chi connectivity index (χ0v) is 24.6. The molecular formula is C28H36ClN3O7S. The molecule has 1 saturated heterocycles. The summed E-state index contributed by atoms with van der Waals surface area (Å²) in [6.45, 7) is 6.66. The first kappa shape index (κ1) is 31.4. The highest BCUT2D eigenvalue weighted by Crippen LogP contribution is 2.39. The van der Waals surface area contributed by atoms with E-state index in [2.05, 4.69) is 15.5 Å². The van der Waals surface area contributed by atoms with E-state index in [1.54, 1.807) is 30.3 Å². The third kappa shape index (κ3) is 9.21. The van der Waals surface area contributed by atoms with Crippen molar-refractivity contribution in [3.8, 4) is 11.5 Å². The van der Waals surface area contributed by atoms with Gasteiger partial charge in [0.15, 0.2) is 6.61 Å². The second-order valence-electron chi connectivity index (χ2n) is 8.75. The van der Waals surface area contributed by atoms with E-state index < -0.39 is 30.4 Å². The monoisotopic (exact) mass is 593 g/mol. The van der Waals surface area contributed by atoms with Gasteiger partial charge in [0.1, 0.15) is 17.5 Å². The van der Waals surface area contributed by atoms with Gasteiger partial charge in [0, 0.05) is 35.8 Å². The van der Waals surface area contributed by atoms with Gasteiger partial charge < -0.3 is 34.5 Å². The zero-order valence-electron chi connectivity index (χ0n) is 23.0. The summed E-state index contributed by atoms with van der Waals surface area (Å²) in [5.41, 5.74) is 1.61. The smallest absolute Gasteiger partial charge is 0.329 e. The van der Waals surface area contributed by atoms with Crippen LogP contribution >= 0.6 is 23.4 Å². The topological polar surface area (TPSA) is 115 Å². The summed E-state index contributed by atoms with van der Waals surface area (Å²) >= 11 is 7.43. The minimum absolute atomic E-state index is 0.343. The molecule has 40 heavy (non-hydrogen) atoms. The molecule has 2 N–H and O–H groups in total. The van der Waals surface area contributed by atoms with Crippen LogP contribution in [0.3, 0.4) is 0 Å². The Hall–Kier alpha value is -3.15. The number of esters is 1. The largest absolute Gasteiger partial charge is 0.492 e. The lowest BCUT2D eigenvalue weighted by atomic mass is 10.1. The molecule has 2 aromatic rings. The maximum Gasteiger partial charge on any atom is 0.329 e. The molecule has 1 fully saturated rings. The Labute approximate surface area is 244 Å². The SMILES string of the molecule is CCOc1cc(N2CCOCC2)c(OCC)cc1NC(=O)COC(=O)[C@@H](CCSC)NC(=O)c1ccc(Cl)cc1. The molecule has 0 radical (unpaired) electrons. The van der Waals surface area contributed by atoms with Gasteiger partial charge >= 0.3 is 5.97 Å². The van der Waals surface area contributed by atoms with Crippen molar-refractivity contribution in [2.75, 3.05) is 68.3 Å². The molecule has 1 atom stereocenters. The van der Waals surface area contributed by atoms with Gasteiger partial charge in [0.2, 0.25) is 0 Å². The first-order chi connectivity index (χ1) is 19.4. The molecule has 0 aromatic heterocycles. The Morgan fingerprint density at radius 1 is 1.05 bits per heavy atom. The second-order valence-corrected chi connectivity index (χ2v) is 10.2. The molecule has 0 saturated carbocycles. The predicted octanol–water partition coefficient (Wildman–Crippen LogP) is 4.01. The highest BCUT2D eigenvalue weighted by Gasteiger charge is 2.25. The first-order valence-corrected chi connectivity index (χ1v) is 14.9. The number of anilines is 2. The number of hydrogen-bond donors (Lipinski definition) is 2. The van der Waals surface area contributed by atoms with Gasteiger partial charge in [0.25, 0.3) is 11.8 Å². The van der Waals surface area contributed by atoms with Crippen LogP contribution in [-0.2, 0) is 19.1 Å². The van der Waals surface area contributed by atoms with Gasteiger partial charge in [-0.05, 0) is 56.5 Å². The summed E-state index contributed by atoms with van der Waals surface area (Å²) in [5.74, 6) is -0.00486. The minimum atomic E-state index is -0.917. The molecule has 12 heteroatoms. The number of carbonyl (C=O) groups excluding carboxylic acids is 3. The van der Waals surface area contributed by atoms with E-state index in [1.807, 2.05) is 26.2 Å². The molecule has 2 amide bonds. The van der Waals surface area contributed by atoms with Crippen molar-refractivity contribution in [3.05, 3.63) is 47.0 Å². The van der Waals surface area contributed by atoms with Crippen molar-refractivity contribution in [3.63, 3.8) is 0 Å². The van der Waals surface area contributed by atoms with E-state index in [0.29, 0.717) is 79.5 Å². The standard InChI is InChI=1S/C28H36ClN3O7S/c1-4-37-24-17-23(32-11-13-36-14-12-32)25(38-5-2)16-22(24)30-26(33)18-39-28(35)21(10-15-40-3)31-27(34)19-6-8-20(29)9-7-19/h6-9,16-17,21H,4-5,10-15,18H2,1-3H3,(H,30,33)(H,31,34)/t21-/m1/s1. The molecule has 0 aliphatic carbocycles. The second kappa shape index (κ2) is 16.2. The molecule has 0 bridgehead atoms. The maximum atomic E-state index is 12.8. The number of nitrogens with one attached hydrogen (secondary N) is 2. The van der Waals surface area contributed by atoms with Gasteiger partial charge in [-0.2, -0.15) is 11.8 Å². The fourth-order valence-electron chi connectivity index (χ4n) is 4.00. The van der Waals surface area contributed by atoms with E-state index in [1.165, 1.54) is 11.8 Å². The Balaban J connectivity index is 1.68. The number of halogens is 1. The van der Waals surface area contributed by atoms with E-state index in [9.17, 15) is 14.4 Å². The minimum Gasteiger partial charge on any atom is -0.492 e. The molecule has 1 aliphatic rings. The van der Waals surface area contributed by atoms with Crippen molar-refractivity contribution in [2.45, 2.75) is 26.3 Å². The Bertz CT molecular complexity index is 1140. The van der Waals surface area contributed by atoms with Crippen molar-refractivity contribution >= 4 is 52.5 Å². The van der Waals surface area contributed by atoms with Gasteiger partial charge in [-0.15, -0.1) is 0 Å². The number of hydrogen-bond acceptors (Lipinski definition) is 9. The van der Waals surface area contributed by atoms with Crippen LogP contribution in [0.1, 0.15) is 30.6 Å². The highest BCUT2D eigenvalue weighted by atomic mass is 35.5. The van der Waals surface area contributed by atoms with Crippen LogP contribution in [-0.4, -0.2) is 82.0 Å². The van der Waals surface area contributed by atoms with Crippen LogP contribution in [0.25, 0.3) is 0 Å². The number of rotatable bonds is 14. The zero-order chi connectivity index (χ0) is 28.9. The van der Waals surface area contributed by atoms with E-state index in [4.69, 9.17) is 30.5 Å². The fourth-order valence-corrected chi connectivity index (χ4v) is 4.59. The number of morpholine rings is 1. The predicted molar refractivity (Wildman–Crippen MR) is 157 cm³/mol. The van der Waals surface area contributed by atoms with E-state index in [0.717, 1.165) is 5.69 Å². The Morgan fingerprint density at radius 2 is 1.73 bits per heavy atom. The highest BCUT2D eigenvalue weighted by molar-refractivity contribution is 7.98. The van der Waals surface area contributed by atoms with Crippen molar-refractivity contribution in [2.24, 2.45) is 0 Å². The van der Waals surface area contributed by atoms with Crippen LogP contribution < -0.4 is 25.0 Å². The summed E-state index contributed by atoms with van der Waals surface area (Å²) in [7, 11) is 0. The van der Waals surface area contributed by atoms with Gasteiger partial charge in [-0.3, -0.25) is 9.59 Å². The van der Waals surface area contributed by atoms with Crippen LogP contribution in [0.5, 0.6) is 11.5 Å². The van der Waals surface area contributed by atoms with Crippen molar-refractivity contribution in [1.82, 2.24) is 5.32 Å². The molecule has 0 unspecified atom stereocenters. The summed E-state index contributed by atoms with van der Waals surface area (Å²) in [5, 5.41) is 5.96. The average Bonchev–Trinajstić information content (AvgIpc) is 2.96. The Morgan fingerprint density at radius 3 is 2.38 bits per heavy atom. The summed E-state index contributed by atoms with van der Waals surface area (Å²) in [6, 6.07) is 8.96. The van der Waals surface area contributed by atoms with Crippen LogP contribution in [0, 0.1) is 0 Å². The average molecular weight is 594 g/mol.